The number of halogens is 1. The minimum absolute atomic E-state index is 0.110. The molecule has 2 N–H and O–H groups in total. The first-order valence-electron chi connectivity index (χ1n) is 8.27. The van der Waals surface area contributed by atoms with Crippen LogP contribution in [-0.4, -0.2) is 35.2 Å². The molecule has 29 heavy (non-hydrogen) atoms. The van der Waals surface area contributed by atoms with E-state index in [4.69, 9.17) is 0 Å². The minimum atomic E-state index is -0.974. The molecule has 11 heteroatoms. The molecule has 1 amide bonds. The summed E-state index contributed by atoms with van der Waals surface area (Å²) in [7, 11) is 0. The molecule has 3 aromatic heterocycles. The third kappa shape index (κ3) is 3.43. The van der Waals surface area contributed by atoms with Gasteiger partial charge in [0.1, 0.15) is 23.5 Å². The summed E-state index contributed by atoms with van der Waals surface area (Å²) in [5.74, 6) is -1.11. The smallest absolute Gasteiger partial charge is 0.313 e. The van der Waals surface area contributed by atoms with Gasteiger partial charge in [-0.15, -0.1) is 0 Å². The molecule has 0 spiro atoms. The number of anilines is 1. The van der Waals surface area contributed by atoms with Crippen LogP contribution < -0.4 is 16.6 Å². The quantitative estimate of drug-likeness (QED) is 0.530. The van der Waals surface area contributed by atoms with E-state index in [0.29, 0.717) is 10.4 Å². The Bertz CT molecular complexity index is 1310. The van der Waals surface area contributed by atoms with Crippen LogP contribution in [0.4, 0.5) is 10.2 Å². The first kappa shape index (κ1) is 18.0. The predicted molar refractivity (Wildman–Crippen MR) is 99.7 cm³/mol. The van der Waals surface area contributed by atoms with Crippen molar-refractivity contribution in [3.8, 4) is 11.5 Å². The van der Waals surface area contributed by atoms with E-state index in [0.717, 1.165) is 12.3 Å². The average molecular weight is 393 g/mol. The molecule has 0 aliphatic heterocycles. The zero-order valence-corrected chi connectivity index (χ0v) is 14.6. The third-order valence-electron chi connectivity index (χ3n) is 3.95. The standard InChI is InChI=1S/C18H12FN7O3/c19-12-4-1-2-5-13(12)26-17(28)11(9-20-18(26)29)16(27)24-14-8-15(22-10-21-14)25-7-3-6-23-25/h1-10H,(H,20,29)(H,21,22,24,27). The maximum Gasteiger partial charge on any atom is 0.333 e. The Balaban J connectivity index is 1.70. The third-order valence-corrected chi connectivity index (χ3v) is 3.95. The Kier molecular flexibility index (Phi) is 4.53. The molecule has 4 aromatic rings. The van der Waals surface area contributed by atoms with Crippen LogP contribution in [0, 0.1) is 5.82 Å². The van der Waals surface area contributed by atoms with Gasteiger partial charge in [-0.1, -0.05) is 12.1 Å². The highest BCUT2D eigenvalue weighted by Gasteiger charge is 2.18. The number of benzene rings is 1. The molecule has 10 nitrogen and oxygen atoms in total. The second kappa shape index (κ2) is 7.31. The molecule has 0 saturated carbocycles. The van der Waals surface area contributed by atoms with Crippen molar-refractivity contribution in [2.24, 2.45) is 0 Å². The van der Waals surface area contributed by atoms with Gasteiger partial charge in [-0.05, 0) is 18.2 Å². The molecule has 0 aliphatic rings. The average Bonchev–Trinajstić information content (AvgIpc) is 3.24. The number of hydrogen-bond donors (Lipinski definition) is 2. The molecule has 0 atom stereocenters. The maximum absolute atomic E-state index is 14.1. The summed E-state index contributed by atoms with van der Waals surface area (Å²) in [6.45, 7) is 0. The Labute approximate surface area is 161 Å². The fourth-order valence-electron chi connectivity index (χ4n) is 2.62. The summed E-state index contributed by atoms with van der Waals surface area (Å²) in [6, 6.07) is 8.40. The summed E-state index contributed by atoms with van der Waals surface area (Å²) in [4.78, 5) is 47.6. The van der Waals surface area contributed by atoms with Crippen molar-refractivity contribution in [2.75, 3.05) is 5.32 Å². The summed E-state index contributed by atoms with van der Waals surface area (Å²) >= 11 is 0. The van der Waals surface area contributed by atoms with Crippen LogP contribution in [0.25, 0.3) is 11.5 Å². The number of nitrogens with zero attached hydrogens (tertiary/aromatic N) is 5. The van der Waals surface area contributed by atoms with E-state index in [1.54, 1.807) is 18.5 Å². The second-order valence-corrected chi connectivity index (χ2v) is 5.77. The van der Waals surface area contributed by atoms with Gasteiger partial charge in [0.2, 0.25) is 0 Å². The Morgan fingerprint density at radius 3 is 2.72 bits per heavy atom. The minimum Gasteiger partial charge on any atom is -0.313 e. The van der Waals surface area contributed by atoms with E-state index in [2.05, 4.69) is 25.4 Å². The monoisotopic (exact) mass is 393 g/mol. The highest BCUT2D eigenvalue weighted by molar-refractivity contribution is 6.03. The molecule has 0 unspecified atom stereocenters. The second-order valence-electron chi connectivity index (χ2n) is 5.77. The van der Waals surface area contributed by atoms with E-state index in [1.807, 2.05) is 0 Å². The van der Waals surface area contributed by atoms with Crippen LogP contribution in [0.5, 0.6) is 0 Å². The predicted octanol–water partition coefficient (Wildman–Crippen LogP) is 0.893. The van der Waals surface area contributed by atoms with Crippen LogP contribution in [-0.2, 0) is 0 Å². The van der Waals surface area contributed by atoms with Gasteiger partial charge in [-0.25, -0.2) is 28.4 Å². The number of aromatic nitrogens is 6. The number of hydrogen-bond acceptors (Lipinski definition) is 6. The van der Waals surface area contributed by atoms with Crippen molar-refractivity contribution < 1.29 is 9.18 Å². The number of amides is 1. The van der Waals surface area contributed by atoms with Gasteiger partial charge in [0.15, 0.2) is 5.82 Å². The fraction of sp³-hybridized carbons (Fsp3) is 0. The zero-order chi connectivity index (χ0) is 20.4. The van der Waals surface area contributed by atoms with Crippen molar-refractivity contribution in [1.29, 1.82) is 0 Å². The van der Waals surface area contributed by atoms with Gasteiger partial charge in [-0.2, -0.15) is 5.10 Å². The number of rotatable bonds is 4. The molecule has 0 radical (unpaired) electrons. The molecule has 0 bridgehead atoms. The van der Waals surface area contributed by atoms with E-state index in [-0.39, 0.29) is 11.5 Å². The van der Waals surface area contributed by atoms with Crippen LogP contribution in [0.15, 0.2) is 70.9 Å². The molecular weight excluding hydrogens is 381 g/mol. The van der Waals surface area contributed by atoms with Crippen LogP contribution in [0.1, 0.15) is 10.4 Å². The highest BCUT2D eigenvalue weighted by Crippen LogP contribution is 2.10. The number of carbonyl (C=O) groups is 1. The number of aromatic amines is 1. The summed E-state index contributed by atoms with van der Waals surface area (Å²) in [5, 5.41) is 6.48. The van der Waals surface area contributed by atoms with Gasteiger partial charge in [0, 0.05) is 24.7 Å². The van der Waals surface area contributed by atoms with Gasteiger partial charge in [0.05, 0.1) is 5.69 Å². The lowest BCUT2D eigenvalue weighted by atomic mass is 10.2. The Morgan fingerprint density at radius 2 is 1.97 bits per heavy atom. The highest BCUT2D eigenvalue weighted by atomic mass is 19.1. The van der Waals surface area contributed by atoms with E-state index >= 15 is 0 Å². The van der Waals surface area contributed by atoms with Gasteiger partial charge in [-0.3, -0.25) is 9.59 Å². The van der Waals surface area contributed by atoms with Crippen LogP contribution in [0.3, 0.4) is 0 Å². The largest absolute Gasteiger partial charge is 0.333 e. The molecule has 3 heterocycles. The SMILES string of the molecule is O=C(Nc1cc(-n2cccn2)ncn1)c1c[nH]c(=O)n(-c2ccccc2F)c1=O. The van der Waals surface area contributed by atoms with Gasteiger partial charge in [0.25, 0.3) is 11.5 Å². The first-order chi connectivity index (χ1) is 14.0. The normalized spacial score (nSPS) is 10.7. The lowest BCUT2D eigenvalue weighted by Crippen LogP contribution is -2.38. The van der Waals surface area contributed by atoms with Crippen molar-refractivity contribution in [2.45, 2.75) is 0 Å². The molecule has 1 aromatic carbocycles. The number of para-hydroxylation sites is 1. The molecule has 4 rings (SSSR count). The zero-order valence-electron chi connectivity index (χ0n) is 14.6. The Morgan fingerprint density at radius 1 is 1.14 bits per heavy atom. The molecular formula is C18H12FN7O3. The lowest BCUT2D eigenvalue weighted by molar-refractivity contribution is 0.102. The molecule has 0 aliphatic carbocycles. The van der Waals surface area contributed by atoms with Crippen molar-refractivity contribution >= 4 is 11.7 Å². The Hall–Kier alpha value is -4.41. The lowest BCUT2D eigenvalue weighted by Gasteiger charge is -2.09. The van der Waals surface area contributed by atoms with Crippen LogP contribution >= 0.6 is 0 Å². The van der Waals surface area contributed by atoms with Crippen molar-refractivity contribution in [1.82, 2.24) is 29.3 Å². The summed E-state index contributed by atoms with van der Waals surface area (Å²) in [6.07, 6.45) is 5.40. The topological polar surface area (TPSA) is 128 Å². The molecule has 0 fully saturated rings. The van der Waals surface area contributed by atoms with Crippen molar-refractivity contribution in [3.05, 3.63) is 93.5 Å². The van der Waals surface area contributed by atoms with E-state index < -0.39 is 28.5 Å². The molecule has 144 valence electrons. The first-order valence-corrected chi connectivity index (χ1v) is 8.27. The van der Waals surface area contributed by atoms with Crippen LogP contribution in [0.2, 0.25) is 0 Å². The van der Waals surface area contributed by atoms with Gasteiger partial charge >= 0.3 is 5.69 Å². The summed E-state index contributed by atoms with van der Waals surface area (Å²) in [5.41, 5.74) is -2.51. The van der Waals surface area contributed by atoms with Gasteiger partial charge < -0.3 is 10.3 Å². The van der Waals surface area contributed by atoms with E-state index in [9.17, 15) is 18.8 Å². The maximum atomic E-state index is 14.1. The van der Waals surface area contributed by atoms with E-state index in [1.165, 1.54) is 35.3 Å². The number of carbonyl (C=O) groups excluding carboxylic acids is 1. The number of nitrogens with one attached hydrogen (secondary N) is 2. The summed E-state index contributed by atoms with van der Waals surface area (Å²) < 4.78 is 16.1. The fourth-order valence-corrected chi connectivity index (χ4v) is 2.62. The van der Waals surface area contributed by atoms with Crippen molar-refractivity contribution in [3.63, 3.8) is 0 Å². The number of H-pyrrole nitrogens is 1. The molecule has 0 saturated heterocycles.